The number of aromatic nitrogens is 1. The maximum absolute atomic E-state index is 4.17. The Labute approximate surface area is 98.5 Å². The van der Waals surface area contributed by atoms with Gasteiger partial charge in [0.15, 0.2) is 0 Å². The highest BCUT2D eigenvalue weighted by molar-refractivity contribution is 5.08. The van der Waals surface area contributed by atoms with Crippen molar-refractivity contribution in [1.82, 2.24) is 10.3 Å². The van der Waals surface area contributed by atoms with E-state index < -0.39 is 0 Å². The van der Waals surface area contributed by atoms with E-state index in [-0.39, 0.29) is 0 Å². The van der Waals surface area contributed by atoms with E-state index in [9.17, 15) is 0 Å². The van der Waals surface area contributed by atoms with Crippen LogP contribution in [0, 0.1) is 5.92 Å². The number of rotatable bonds is 6. The van der Waals surface area contributed by atoms with Crippen molar-refractivity contribution in [3.8, 4) is 0 Å². The molecule has 2 rings (SSSR count). The number of hydrogen-bond acceptors (Lipinski definition) is 2. The van der Waals surface area contributed by atoms with E-state index in [0.29, 0.717) is 0 Å². The number of aryl methyl sites for hydroxylation is 1. The van der Waals surface area contributed by atoms with Crippen LogP contribution in [-0.4, -0.2) is 17.6 Å². The Morgan fingerprint density at radius 1 is 1.50 bits per heavy atom. The summed E-state index contributed by atoms with van der Waals surface area (Å²) < 4.78 is 0. The zero-order valence-electron chi connectivity index (χ0n) is 10.2. The third-order valence-corrected chi connectivity index (χ3v) is 3.65. The standard InChI is InChI=1S/C14H22N2/c1-2-16-14(13-6-3-7-13)9-8-12-5-4-10-15-11-12/h4-5,10-11,13-14,16H,2-3,6-9H2,1H3. The van der Waals surface area contributed by atoms with Gasteiger partial charge in [0.25, 0.3) is 0 Å². The van der Waals surface area contributed by atoms with Crippen molar-refractivity contribution in [2.24, 2.45) is 5.92 Å². The van der Waals surface area contributed by atoms with Crippen molar-refractivity contribution in [2.45, 2.75) is 45.1 Å². The van der Waals surface area contributed by atoms with E-state index in [0.717, 1.165) is 24.9 Å². The fraction of sp³-hybridized carbons (Fsp3) is 0.643. The summed E-state index contributed by atoms with van der Waals surface area (Å²) in [6.45, 7) is 3.30. The SMILES string of the molecule is CCNC(CCc1cccnc1)C1CCC1. The Balaban J connectivity index is 1.81. The van der Waals surface area contributed by atoms with Gasteiger partial charge in [0.2, 0.25) is 0 Å². The monoisotopic (exact) mass is 218 g/mol. The van der Waals surface area contributed by atoms with Crippen molar-refractivity contribution < 1.29 is 0 Å². The minimum Gasteiger partial charge on any atom is -0.314 e. The van der Waals surface area contributed by atoms with Gasteiger partial charge in [-0.2, -0.15) is 0 Å². The fourth-order valence-electron chi connectivity index (χ4n) is 2.48. The molecule has 0 saturated heterocycles. The predicted molar refractivity (Wildman–Crippen MR) is 67.4 cm³/mol. The largest absolute Gasteiger partial charge is 0.314 e. The van der Waals surface area contributed by atoms with Gasteiger partial charge in [-0.1, -0.05) is 19.4 Å². The Morgan fingerprint density at radius 3 is 2.94 bits per heavy atom. The molecular formula is C14H22N2. The van der Waals surface area contributed by atoms with Gasteiger partial charge >= 0.3 is 0 Å². The number of pyridine rings is 1. The molecule has 0 aliphatic heterocycles. The molecule has 0 bridgehead atoms. The first kappa shape index (κ1) is 11.6. The molecule has 0 radical (unpaired) electrons. The third-order valence-electron chi connectivity index (χ3n) is 3.65. The molecule has 16 heavy (non-hydrogen) atoms. The summed E-state index contributed by atoms with van der Waals surface area (Å²) in [5, 5.41) is 3.63. The highest BCUT2D eigenvalue weighted by Crippen LogP contribution is 2.31. The normalized spacial score (nSPS) is 18.1. The lowest BCUT2D eigenvalue weighted by atomic mass is 9.78. The lowest BCUT2D eigenvalue weighted by molar-refractivity contribution is 0.222. The molecule has 1 N–H and O–H groups in total. The molecule has 1 aromatic rings. The van der Waals surface area contributed by atoms with Gasteiger partial charge in [-0.15, -0.1) is 0 Å². The summed E-state index contributed by atoms with van der Waals surface area (Å²) in [6.07, 6.45) is 10.5. The molecule has 2 nitrogen and oxygen atoms in total. The summed E-state index contributed by atoms with van der Waals surface area (Å²) in [4.78, 5) is 4.17. The number of nitrogens with zero attached hydrogens (tertiary/aromatic N) is 1. The van der Waals surface area contributed by atoms with Crippen LogP contribution in [0.25, 0.3) is 0 Å². The lowest BCUT2D eigenvalue weighted by Gasteiger charge is -2.34. The first-order valence-corrected chi connectivity index (χ1v) is 6.52. The second kappa shape index (κ2) is 6.00. The Hall–Kier alpha value is -0.890. The molecule has 0 spiro atoms. The zero-order valence-corrected chi connectivity index (χ0v) is 10.2. The molecule has 1 heterocycles. The van der Waals surface area contributed by atoms with E-state index >= 15 is 0 Å². The van der Waals surface area contributed by atoms with Gasteiger partial charge < -0.3 is 5.32 Å². The minimum absolute atomic E-state index is 0.721. The second-order valence-corrected chi connectivity index (χ2v) is 4.76. The topological polar surface area (TPSA) is 24.9 Å². The Kier molecular flexibility index (Phi) is 4.34. The fourth-order valence-corrected chi connectivity index (χ4v) is 2.48. The van der Waals surface area contributed by atoms with E-state index in [2.05, 4.69) is 23.3 Å². The summed E-state index contributed by atoms with van der Waals surface area (Å²) in [7, 11) is 0. The van der Waals surface area contributed by atoms with Crippen LogP contribution < -0.4 is 5.32 Å². The van der Waals surface area contributed by atoms with Crippen LogP contribution in [0.4, 0.5) is 0 Å². The van der Waals surface area contributed by atoms with Gasteiger partial charge in [-0.3, -0.25) is 4.98 Å². The first-order chi connectivity index (χ1) is 7.90. The van der Waals surface area contributed by atoms with Crippen LogP contribution >= 0.6 is 0 Å². The minimum atomic E-state index is 0.721. The molecule has 1 aliphatic carbocycles. The van der Waals surface area contributed by atoms with Gasteiger partial charge in [0, 0.05) is 18.4 Å². The maximum Gasteiger partial charge on any atom is 0.0299 e. The maximum atomic E-state index is 4.17. The van der Waals surface area contributed by atoms with Crippen molar-refractivity contribution in [3.05, 3.63) is 30.1 Å². The molecule has 1 atom stereocenters. The molecule has 1 aliphatic rings. The average Bonchev–Trinajstić information content (AvgIpc) is 2.25. The quantitative estimate of drug-likeness (QED) is 0.794. The van der Waals surface area contributed by atoms with Crippen LogP contribution in [0.1, 0.15) is 38.2 Å². The van der Waals surface area contributed by atoms with Crippen molar-refractivity contribution in [2.75, 3.05) is 6.54 Å². The molecule has 2 heteroatoms. The Morgan fingerprint density at radius 2 is 2.38 bits per heavy atom. The first-order valence-electron chi connectivity index (χ1n) is 6.52. The van der Waals surface area contributed by atoms with E-state index in [1.807, 2.05) is 18.5 Å². The van der Waals surface area contributed by atoms with Crippen LogP contribution in [-0.2, 0) is 6.42 Å². The molecule has 0 aromatic carbocycles. The second-order valence-electron chi connectivity index (χ2n) is 4.76. The summed E-state index contributed by atoms with van der Waals surface area (Å²) in [5.74, 6) is 0.927. The number of nitrogens with one attached hydrogen (secondary N) is 1. The summed E-state index contributed by atoms with van der Waals surface area (Å²) >= 11 is 0. The van der Waals surface area contributed by atoms with E-state index in [4.69, 9.17) is 0 Å². The third kappa shape index (κ3) is 3.05. The van der Waals surface area contributed by atoms with Crippen molar-refractivity contribution in [3.63, 3.8) is 0 Å². The molecule has 1 saturated carbocycles. The van der Waals surface area contributed by atoms with Gasteiger partial charge in [-0.25, -0.2) is 0 Å². The van der Waals surface area contributed by atoms with Crippen LogP contribution in [0.3, 0.4) is 0 Å². The summed E-state index contributed by atoms with van der Waals surface area (Å²) in [5.41, 5.74) is 1.37. The summed E-state index contributed by atoms with van der Waals surface area (Å²) in [6, 6.07) is 4.93. The average molecular weight is 218 g/mol. The number of hydrogen-bond donors (Lipinski definition) is 1. The highest BCUT2D eigenvalue weighted by Gasteiger charge is 2.25. The van der Waals surface area contributed by atoms with Crippen LogP contribution in [0.15, 0.2) is 24.5 Å². The van der Waals surface area contributed by atoms with Gasteiger partial charge in [-0.05, 0) is 49.8 Å². The van der Waals surface area contributed by atoms with Crippen molar-refractivity contribution >= 4 is 0 Å². The van der Waals surface area contributed by atoms with Gasteiger partial charge in [0.05, 0.1) is 0 Å². The van der Waals surface area contributed by atoms with Crippen LogP contribution in [0.2, 0.25) is 0 Å². The molecule has 0 amide bonds. The predicted octanol–water partition coefficient (Wildman–Crippen LogP) is 2.79. The lowest BCUT2D eigenvalue weighted by Crippen LogP contribution is -2.39. The molecule has 88 valence electrons. The van der Waals surface area contributed by atoms with E-state index in [1.165, 1.54) is 31.2 Å². The molecular weight excluding hydrogens is 196 g/mol. The Bertz CT molecular complexity index is 293. The molecule has 1 fully saturated rings. The molecule has 1 aromatic heterocycles. The van der Waals surface area contributed by atoms with Crippen molar-refractivity contribution in [1.29, 1.82) is 0 Å². The van der Waals surface area contributed by atoms with Gasteiger partial charge in [0.1, 0.15) is 0 Å². The smallest absolute Gasteiger partial charge is 0.0299 e. The zero-order chi connectivity index (χ0) is 11.2. The highest BCUT2D eigenvalue weighted by atomic mass is 14.9. The van der Waals surface area contributed by atoms with Crippen LogP contribution in [0.5, 0.6) is 0 Å². The molecule has 1 unspecified atom stereocenters. The van der Waals surface area contributed by atoms with E-state index in [1.54, 1.807) is 0 Å².